The molecule has 1 aromatic heterocycles. The van der Waals surface area contributed by atoms with E-state index in [1.54, 1.807) is 12.1 Å². The fourth-order valence-corrected chi connectivity index (χ4v) is 5.71. The van der Waals surface area contributed by atoms with Gasteiger partial charge in [-0.1, -0.05) is 54.7 Å². The third-order valence-electron chi connectivity index (χ3n) is 6.71. The smallest absolute Gasteiger partial charge is 0.416 e. The lowest BCUT2D eigenvalue weighted by Gasteiger charge is -2.29. The monoisotopic (exact) mass is 523 g/mol. The molecule has 0 aliphatic heterocycles. The highest BCUT2D eigenvalue weighted by atomic mass is 35.5. The van der Waals surface area contributed by atoms with Crippen LogP contribution in [0.5, 0.6) is 0 Å². The van der Waals surface area contributed by atoms with Gasteiger partial charge in [0.05, 0.1) is 18.0 Å². The summed E-state index contributed by atoms with van der Waals surface area (Å²) < 4.78 is 41.6. The van der Waals surface area contributed by atoms with Crippen LogP contribution in [0.3, 0.4) is 0 Å². The van der Waals surface area contributed by atoms with Crippen molar-refractivity contribution in [2.24, 2.45) is 0 Å². The van der Waals surface area contributed by atoms with Crippen LogP contribution in [0.1, 0.15) is 73.4 Å². The fraction of sp³-hybridized carbons (Fsp3) is 0.370. The molecular weight excluding hydrogens is 498 g/mol. The van der Waals surface area contributed by atoms with Gasteiger partial charge in [-0.05, 0) is 61.1 Å². The quantitative estimate of drug-likeness (QED) is 0.336. The predicted octanol–water partition coefficient (Wildman–Crippen LogP) is 8.76. The average Bonchev–Trinajstić information content (AvgIpc) is 3.17. The van der Waals surface area contributed by atoms with Crippen LogP contribution in [0.4, 0.5) is 13.2 Å². The molecule has 0 saturated heterocycles. The van der Waals surface area contributed by atoms with E-state index in [-0.39, 0.29) is 18.4 Å². The molecule has 0 spiro atoms. The minimum Gasteiger partial charge on any atom is -0.481 e. The number of benzene rings is 2. The van der Waals surface area contributed by atoms with Crippen molar-refractivity contribution in [3.63, 3.8) is 0 Å². The number of hydrogen-bond acceptors (Lipinski definition) is 1. The highest BCUT2D eigenvalue weighted by molar-refractivity contribution is 6.36. The zero-order valence-electron chi connectivity index (χ0n) is 19.2. The van der Waals surface area contributed by atoms with Gasteiger partial charge in [-0.25, -0.2) is 0 Å². The number of aromatic nitrogens is 1. The maximum atomic E-state index is 13.2. The molecule has 0 radical (unpaired) electrons. The Kier molecular flexibility index (Phi) is 7.53. The van der Waals surface area contributed by atoms with Crippen LogP contribution >= 0.6 is 23.2 Å². The zero-order valence-corrected chi connectivity index (χ0v) is 20.7. The first-order chi connectivity index (χ1) is 16.6. The van der Waals surface area contributed by atoms with E-state index in [2.05, 4.69) is 4.57 Å². The fourth-order valence-electron chi connectivity index (χ4n) is 5.20. The SMILES string of the molecule is CCCC(c1ccc(C(F)(F)F)cc1)n1cc(-c2ccc(Cl)cc2Cl)c2c1C(CC(=O)O)CCC2. The van der Waals surface area contributed by atoms with E-state index in [0.29, 0.717) is 16.5 Å². The van der Waals surface area contributed by atoms with Crippen molar-refractivity contribution in [1.82, 2.24) is 4.57 Å². The molecule has 0 amide bonds. The number of aliphatic carboxylic acids is 1. The van der Waals surface area contributed by atoms with E-state index >= 15 is 0 Å². The molecule has 2 unspecified atom stereocenters. The highest BCUT2D eigenvalue weighted by Gasteiger charge is 2.33. The first-order valence-corrected chi connectivity index (χ1v) is 12.4. The summed E-state index contributed by atoms with van der Waals surface area (Å²) in [6.07, 6.45) is 1.46. The third-order valence-corrected chi connectivity index (χ3v) is 7.26. The first-order valence-electron chi connectivity index (χ1n) is 11.7. The Bertz CT molecular complexity index is 1220. The number of halogens is 5. The average molecular weight is 524 g/mol. The minimum absolute atomic E-state index is 0.00331. The molecule has 1 heterocycles. The molecule has 35 heavy (non-hydrogen) atoms. The normalized spacial score (nSPS) is 16.7. The van der Waals surface area contributed by atoms with Crippen molar-refractivity contribution in [2.75, 3.05) is 0 Å². The largest absolute Gasteiger partial charge is 0.481 e. The second-order valence-corrected chi connectivity index (χ2v) is 9.89. The number of alkyl halides is 3. The summed E-state index contributed by atoms with van der Waals surface area (Å²) >= 11 is 12.7. The predicted molar refractivity (Wildman–Crippen MR) is 132 cm³/mol. The van der Waals surface area contributed by atoms with Crippen LogP contribution in [-0.2, 0) is 17.4 Å². The molecule has 8 heteroatoms. The summed E-state index contributed by atoms with van der Waals surface area (Å²) in [5.74, 6) is -1.06. The Balaban J connectivity index is 1.90. The second-order valence-electron chi connectivity index (χ2n) is 9.05. The van der Waals surface area contributed by atoms with Crippen LogP contribution in [0.25, 0.3) is 11.1 Å². The molecule has 3 nitrogen and oxygen atoms in total. The lowest BCUT2D eigenvalue weighted by Crippen LogP contribution is -2.20. The van der Waals surface area contributed by atoms with Gasteiger partial charge in [0.1, 0.15) is 0 Å². The summed E-state index contributed by atoms with van der Waals surface area (Å²) in [6.45, 7) is 2.03. The topological polar surface area (TPSA) is 42.2 Å². The summed E-state index contributed by atoms with van der Waals surface area (Å²) in [7, 11) is 0. The number of carbonyl (C=O) groups is 1. The lowest BCUT2D eigenvalue weighted by molar-refractivity contribution is -0.138. The Morgan fingerprint density at radius 1 is 1.14 bits per heavy atom. The van der Waals surface area contributed by atoms with Crippen molar-refractivity contribution in [3.8, 4) is 11.1 Å². The van der Waals surface area contributed by atoms with Gasteiger partial charge in [-0.2, -0.15) is 13.2 Å². The summed E-state index contributed by atoms with van der Waals surface area (Å²) in [5, 5.41) is 10.6. The Morgan fingerprint density at radius 3 is 2.46 bits per heavy atom. The van der Waals surface area contributed by atoms with E-state index < -0.39 is 17.7 Å². The van der Waals surface area contributed by atoms with Gasteiger partial charge in [0.25, 0.3) is 0 Å². The number of carboxylic acids is 1. The van der Waals surface area contributed by atoms with Gasteiger partial charge in [0, 0.05) is 39.0 Å². The van der Waals surface area contributed by atoms with Crippen LogP contribution in [0.15, 0.2) is 48.7 Å². The third kappa shape index (κ3) is 5.39. The van der Waals surface area contributed by atoms with Gasteiger partial charge in [0.2, 0.25) is 0 Å². The summed E-state index contributed by atoms with van der Waals surface area (Å²) in [6, 6.07) is 10.4. The van der Waals surface area contributed by atoms with Gasteiger partial charge in [-0.3, -0.25) is 4.79 Å². The highest BCUT2D eigenvalue weighted by Crippen LogP contribution is 2.45. The maximum Gasteiger partial charge on any atom is 0.416 e. The molecule has 3 aromatic rings. The van der Waals surface area contributed by atoms with Gasteiger partial charge in [-0.15, -0.1) is 0 Å². The number of nitrogens with zero attached hydrogens (tertiary/aromatic N) is 1. The van der Waals surface area contributed by atoms with Crippen molar-refractivity contribution in [2.45, 2.75) is 63.6 Å². The lowest BCUT2D eigenvalue weighted by atomic mass is 9.83. The van der Waals surface area contributed by atoms with Crippen molar-refractivity contribution < 1.29 is 23.1 Å². The Hall–Kier alpha value is -2.44. The summed E-state index contributed by atoms with van der Waals surface area (Å²) in [5.41, 5.74) is 3.79. The van der Waals surface area contributed by atoms with Crippen molar-refractivity contribution in [1.29, 1.82) is 0 Å². The molecule has 0 bridgehead atoms. The van der Waals surface area contributed by atoms with E-state index in [1.807, 2.05) is 19.2 Å². The van der Waals surface area contributed by atoms with E-state index in [9.17, 15) is 23.1 Å². The molecule has 186 valence electrons. The molecule has 1 N–H and O–H groups in total. The van der Waals surface area contributed by atoms with Gasteiger partial charge >= 0.3 is 12.1 Å². The van der Waals surface area contributed by atoms with E-state index in [0.717, 1.165) is 65.8 Å². The van der Waals surface area contributed by atoms with E-state index in [1.165, 1.54) is 12.1 Å². The molecule has 2 aromatic carbocycles. The Morgan fingerprint density at radius 2 is 1.86 bits per heavy atom. The number of hydrogen-bond donors (Lipinski definition) is 1. The molecule has 4 rings (SSSR count). The standard InChI is InChI=1S/C27H26Cl2F3NO2/c1-2-4-24(16-7-9-18(10-8-16)27(30,31)32)33-15-22(20-12-11-19(28)14-23(20)29)21-6-3-5-17(26(21)33)13-25(34)35/h7-12,14-15,17,24H,2-6,13H2,1H3,(H,34,35). The van der Waals surface area contributed by atoms with Crippen LogP contribution in [0, 0.1) is 0 Å². The van der Waals surface area contributed by atoms with Crippen molar-refractivity contribution >= 4 is 29.2 Å². The van der Waals surface area contributed by atoms with Crippen molar-refractivity contribution in [3.05, 3.63) is 81.1 Å². The van der Waals surface area contributed by atoms with Crippen LogP contribution in [-0.4, -0.2) is 15.6 Å². The maximum absolute atomic E-state index is 13.2. The minimum atomic E-state index is -4.41. The van der Waals surface area contributed by atoms with Crippen LogP contribution in [0.2, 0.25) is 10.0 Å². The summed E-state index contributed by atoms with van der Waals surface area (Å²) in [4.78, 5) is 11.7. The zero-order chi connectivity index (χ0) is 25.3. The van der Waals surface area contributed by atoms with Gasteiger partial charge < -0.3 is 9.67 Å². The number of fused-ring (bicyclic) bond motifs is 1. The molecule has 1 aliphatic carbocycles. The van der Waals surface area contributed by atoms with E-state index in [4.69, 9.17) is 23.2 Å². The molecule has 1 aliphatic rings. The molecule has 0 fully saturated rings. The van der Waals surface area contributed by atoms with Gasteiger partial charge in [0.15, 0.2) is 0 Å². The molecule has 0 saturated carbocycles. The molecular formula is C27H26Cl2F3NO2. The number of carboxylic acid groups (broad SMARTS) is 1. The molecule has 2 atom stereocenters. The van der Waals surface area contributed by atoms with Crippen LogP contribution < -0.4 is 0 Å². The second kappa shape index (κ2) is 10.3. The first kappa shape index (κ1) is 25.6. The number of rotatable bonds is 7. The Labute approximate surface area is 212 Å².